The van der Waals surface area contributed by atoms with Gasteiger partial charge in [0, 0.05) is 6.42 Å². The van der Waals surface area contributed by atoms with Crippen LogP contribution in [0.2, 0.25) is 0 Å². The molecule has 94 valence electrons. The van der Waals surface area contributed by atoms with Crippen molar-refractivity contribution in [3.63, 3.8) is 0 Å². The Morgan fingerprint density at radius 1 is 1.28 bits per heavy atom. The van der Waals surface area contributed by atoms with Crippen LogP contribution in [0.15, 0.2) is 30.3 Å². The maximum atomic E-state index is 11.9. The summed E-state index contributed by atoms with van der Waals surface area (Å²) in [6, 6.07) is 9.38. The average Bonchev–Trinajstić information content (AvgIpc) is 2.58. The molecule has 1 aromatic rings. The summed E-state index contributed by atoms with van der Waals surface area (Å²) >= 11 is 0. The first kappa shape index (κ1) is 12.3. The van der Waals surface area contributed by atoms with Gasteiger partial charge in [0.2, 0.25) is 11.8 Å². The maximum absolute atomic E-state index is 11.9. The Labute approximate surface area is 104 Å². The second-order valence-corrected chi connectivity index (χ2v) is 4.30. The zero-order valence-corrected chi connectivity index (χ0v) is 9.70. The molecule has 18 heavy (non-hydrogen) atoms. The molecule has 0 unspecified atom stereocenters. The molecule has 5 nitrogen and oxygen atoms in total. The number of hydrogen-bond donors (Lipinski definition) is 1. The number of nitrogens with zero attached hydrogens (tertiary/aromatic N) is 1. The van der Waals surface area contributed by atoms with Gasteiger partial charge in [-0.2, -0.15) is 0 Å². The van der Waals surface area contributed by atoms with E-state index < -0.39 is 24.3 Å². The third kappa shape index (κ3) is 2.56. The first-order valence-corrected chi connectivity index (χ1v) is 5.68. The number of carbonyl (C=O) groups is 3. The molecule has 0 saturated carbocycles. The zero-order chi connectivity index (χ0) is 13.1. The van der Waals surface area contributed by atoms with Crippen LogP contribution in [0.25, 0.3) is 0 Å². The largest absolute Gasteiger partial charge is 0.480 e. The van der Waals surface area contributed by atoms with E-state index in [2.05, 4.69) is 0 Å². The minimum Gasteiger partial charge on any atom is -0.480 e. The maximum Gasteiger partial charge on any atom is 0.323 e. The molecule has 2 amide bonds. The minimum atomic E-state index is -1.17. The second-order valence-electron chi connectivity index (χ2n) is 4.30. The molecule has 0 spiro atoms. The normalized spacial score (nSPS) is 19.3. The topological polar surface area (TPSA) is 74.7 Å². The quantitative estimate of drug-likeness (QED) is 0.794. The smallest absolute Gasteiger partial charge is 0.323 e. The van der Waals surface area contributed by atoms with E-state index in [1.54, 1.807) is 0 Å². The Bertz CT molecular complexity index is 483. The predicted octanol–water partition coefficient (Wildman–Crippen LogP) is 0.689. The van der Waals surface area contributed by atoms with Gasteiger partial charge in [-0.05, 0) is 12.0 Å². The Kier molecular flexibility index (Phi) is 3.41. The number of likely N-dealkylation sites (tertiary alicyclic amines) is 1. The van der Waals surface area contributed by atoms with E-state index in [1.807, 2.05) is 30.3 Å². The lowest BCUT2D eigenvalue weighted by Gasteiger charge is -2.12. The van der Waals surface area contributed by atoms with Gasteiger partial charge in [-0.15, -0.1) is 0 Å². The van der Waals surface area contributed by atoms with E-state index in [4.69, 9.17) is 5.11 Å². The van der Waals surface area contributed by atoms with Crippen LogP contribution in [0.1, 0.15) is 12.0 Å². The number of hydrogen-bond acceptors (Lipinski definition) is 3. The number of imide groups is 1. The number of aliphatic carboxylic acids is 1. The summed E-state index contributed by atoms with van der Waals surface area (Å²) < 4.78 is 0. The summed E-state index contributed by atoms with van der Waals surface area (Å²) in [5.74, 6) is -2.38. The van der Waals surface area contributed by atoms with E-state index in [1.165, 1.54) is 0 Å². The van der Waals surface area contributed by atoms with Crippen molar-refractivity contribution in [2.24, 2.45) is 5.92 Å². The molecule has 5 heteroatoms. The van der Waals surface area contributed by atoms with Gasteiger partial charge in [-0.1, -0.05) is 30.3 Å². The highest BCUT2D eigenvalue weighted by atomic mass is 16.4. The van der Waals surface area contributed by atoms with Gasteiger partial charge in [0.05, 0.1) is 5.92 Å². The molecule has 0 radical (unpaired) electrons. The first-order valence-electron chi connectivity index (χ1n) is 5.68. The van der Waals surface area contributed by atoms with Crippen LogP contribution in [0.4, 0.5) is 0 Å². The van der Waals surface area contributed by atoms with Crippen molar-refractivity contribution < 1.29 is 19.5 Å². The summed E-state index contributed by atoms with van der Waals surface area (Å²) in [5.41, 5.74) is 0.973. The molecule has 1 heterocycles. The van der Waals surface area contributed by atoms with Crippen molar-refractivity contribution in [2.45, 2.75) is 12.8 Å². The number of amides is 2. The summed E-state index contributed by atoms with van der Waals surface area (Å²) in [7, 11) is 0. The third-order valence-corrected chi connectivity index (χ3v) is 2.96. The van der Waals surface area contributed by atoms with Crippen molar-refractivity contribution in [1.82, 2.24) is 4.90 Å². The Balaban J connectivity index is 2.06. The molecule has 1 aromatic carbocycles. The molecule has 0 bridgehead atoms. The molecule has 2 rings (SSSR count). The van der Waals surface area contributed by atoms with Crippen molar-refractivity contribution in [2.75, 3.05) is 6.54 Å². The van der Waals surface area contributed by atoms with Crippen LogP contribution in [-0.2, 0) is 20.8 Å². The Hall–Kier alpha value is -2.17. The molecule has 0 aromatic heterocycles. The van der Waals surface area contributed by atoms with Crippen LogP contribution < -0.4 is 0 Å². The van der Waals surface area contributed by atoms with Crippen molar-refractivity contribution in [3.05, 3.63) is 35.9 Å². The second kappa shape index (κ2) is 5.00. The van der Waals surface area contributed by atoms with Crippen molar-refractivity contribution >= 4 is 17.8 Å². The molecular weight excluding hydrogens is 234 g/mol. The van der Waals surface area contributed by atoms with Crippen molar-refractivity contribution in [3.8, 4) is 0 Å². The van der Waals surface area contributed by atoms with E-state index in [9.17, 15) is 14.4 Å². The molecule has 1 saturated heterocycles. The first-order chi connectivity index (χ1) is 8.58. The number of carbonyl (C=O) groups excluding carboxylic acids is 2. The van der Waals surface area contributed by atoms with E-state index in [0.29, 0.717) is 6.42 Å². The monoisotopic (exact) mass is 247 g/mol. The Morgan fingerprint density at radius 2 is 1.94 bits per heavy atom. The SMILES string of the molecule is O=C(O)CN1C(=O)C[C@H](Cc2ccccc2)C1=O. The fraction of sp³-hybridized carbons (Fsp3) is 0.308. The van der Waals surface area contributed by atoms with Crippen LogP contribution in [-0.4, -0.2) is 34.3 Å². The van der Waals surface area contributed by atoms with Gasteiger partial charge >= 0.3 is 5.97 Å². The molecule has 1 fully saturated rings. The number of carboxylic acids is 1. The van der Waals surface area contributed by atoms with E-state index in [-0.39, 0.29) is 12.3 Å². The van der Waals surface area contributed by atoms with Crippen molar-refractivity contribution in [1.29, 1.82) is 0 Å². The zero-order valence-electron chi connectivity index (χ0n) is 9.70. The molecule has 1 N–H and O–H groups in total. The van der Waals surface area contributed by atoms with Gasteiger partial charge in [-0.25, -0.2) is 0 Å². The predicted molar refractivity (Wildman–Crippen MR) is 62.6 cm³/mol. The van der Waals surface area contributed by atoms with Gasteiger partial charge in [0.25, 0.3) is 0 Å². The van der Waals surface area contributed by atoms with Gasteiger partial charge in [0.15, 0.2) is 0 Å². The molecular formula is C13H13NO4. The Morgan fingerprint density at radius 3 is 2.56 bits per heavy atom. The van der Waals surface area contributed by atoms with Crippen LogP contribution in [0.5, 0.6) is 0 Å². The molecule has 1 aliphatic heterocycles. The lowest BCUT2D eigenvalue weighted by atomic mass is 9.98. The number of carboxylic acid groups (broad SMARTS) is 1. The van der Waals surface area contributed by atoms with Crippen LogP contribution in [0.3, 0.4) is 0 Å². The summed E-state index contributed by atoms with van der Waals surface area (Å²) in [6.45, 7) is -0.539. The van der Waals surface area contributed by atoms with Crippen LogP contribution in [0, 0.1) is 5.92 Å². The molecule has 1 aliphatic rings. The highest BCUT2D eigenvalue weighted by Crippen LogP contribution is 2.23. The van der Waals surface area contributed by atoms with Crippen LogP contribution >= 0.6 is 0 Å². The fourth-order valence-corrected chi connectivity index (χ4v) is 2.11. The molecule has 1 atom stereocenters. The average molecular weight is 247 g/mol. The standard InChI is InChI=1S/C13H13NO4/c15-11-7-10(6-9-4-2-1-3-5-9)13(18)14(11)8-12(16)17/h1-5,10H,6-8H2,(H,16,17)/t10-/m0/s1. The highest BCUT2D eigenvalue weighted by Gasteiger charge is 2.39. The van der Waals surface area contributed by atoms with E-state index in [0.717, 1.165) is 10.5 Å². The van der Waals surface area contributed by atoms with Gasteiger partial charge in [0.1, 0.15) is 6.54 Å². The van der Waals surface area contributed by atoms with Gasteiger partial charge < -0.3 is 5.11 Å². The van der Waals surface area contributed by atoms with Gasteiger partial charge in [-0.3, -0.25) is 19.3 Å². The summed E-state index contributed by atoms with van der Waals surface area (Å²) in [6.07, 6.45) is 0.572. The number of rotatable bonds is 4. The number of benzene rings is 1. The summed E-state index contributed by atoms with van der Waals surface area (Å²) in [4.78, 5) is 34.9. The summed E-state index contributed by atoms with van der Waals surface area (Å²) in [5, 5.41) is 8.64. The lowest BCUT2D eigenvalue weighted by molar-refractivity contribution is -0.149. The molecule has 0 aliphatic carbocycles. The highest BCUT2D eigenvalue weighted by molar-refractivity contribution is 6.05. The third-order valence-electron chi connectivity index (χ3n) is 2.96. The van der Waals surface area contributed by atoms with E-state index >= 15 is 0 Å². The fourth-order valence-electron chi connectivity index (χ4n) is 2.11. The lowest BCUT2D eigenvalue weighted by Crippen LogP contribution is -2.35. The minimum absolute atomic E-state index is 0.0982.